The zero-order valence-corrected chi connectivity index (χ0v) is 12.3. The summed E-state index contributed by atoms with van der Waals surface area (Å²) in [5.74, 6) is 1.04. The van der Waals surface area contributed by atoms with Crippen LogP contribution in [-0.4, -0.2) is 42.8 Å². The minimum Gasteiger partial charge on any atom is -0.298 e. The first-order valence-corrected chi connectivity index (χ1v) is 7.66. The number of carbonyl (C=O) groups excluding carboxylic acids is 1. The molecule has 0 unspecified atom stereocenters. The molecule has 0 radical (unpaired) electrons. The van der Waals surface area contributed by atoms with Crippen LogP contribution in [0.1, 0.15) is 10.4 Å². The number of thiophene rings is 1. The Labute approximate surface area is 114 Å². The summed E-state index contributed by atoms with van der Waals surface area (Å²) >= 11 is 14.7. The predicted molar refractivity (Wildman–Crippen MR) is 74.5 cm³/mol. The Morgan fingerprint density at radius 2 is 2.25 bits per heavy atom. The summed E-state index contributed by atoms with van der Waals surface area (Å²) in [5.41, 5.74) is 0.535. The number of nitrogens with zero attached hydrogens (tertiary/aromatic N) is 1. The zero-order chi connectivity index (χ0) is 12.1. The number of ketones is 1. The highest BCUT2D eigenvalue weighted by Crippen LogP contribution is 2.31. The van der Waals surface area contributed by atoms with Gasteiger partial charge in [-0.3, -0.25) is 9.69 Å². The Bertz CT molecular complexity index is 368. The van der Waals surface area contributed by atoms with Crippen LogP contribution < -0.4 is 0 Å². The maximum absolute atomic E-state index is 11.9. The number of hydrogen-bond acceptors (Lipinski definition) is 4. The summed E-state index contributed by atoms with van der Waals surface area (Å²) in [6.45, 7) is 1.27. The number of Topliss-reactive ketones (excluding diaryl/α,β-unsaturated/α-hetero) is 1. The lowest BCUT2D eigenvalue weighted by Gasteiger charge is -2.14. The van der Waals surface area contributed by atoms with Crippen molar-refractivity contribution >= 4 is 52.1 Å². The lowest BCUT2D eigenvalue weighted by Crippen LogP contribution is -2.28. The predicted octanol–water partition coefficient (Wildman–Crippen LogP) is 3.53. The minimum absolute atomic E-state index is 0.0248. The molecule has 90 valence electrons. The van der Waals surface area contributed by atoms with Gasteiger partial charge < -0.3 is 0 Å². The van der Waals surface area contributed by atoms with Crippen LogP contribution in [0.2, 0.25) is 8.67 Å². The molecule has 0 spiro atoms. The molecule has 0 bridgehead atoms. The van der Waals surface area contributed by atoms with E-state index in [1.54, 1.807) is 17.8 Å². The molecule has 0 aliphatic heterocycles. The Morgan fingerprint density at radius 3 is 2.75 bits per heavy atom. The molecule has 0 atom stereocenters. The van der Waals surface area contributed by atoms with E-state index in [-0.39, 0.29) is 5.78 Å². The lowest BCUT2D eigenvalue weighted by atomic mass is 10.2. The SMILES string of the molecule is CSCCN(C)CC(=O)c1cc(Cl)sc1Cl. The average molecular weight is 298 g/mol. The summed E-state index contributed by atoms with van der Waals surface area (Å²) < 4.78 is 1.04. The number of carbonyl (C=O) groups is 1. The Hall–Kier alpha value is 0.260. The van der Waals surface area contributed by atoms with Crippen molar-refractivity contribution in [3.63, 3.8) is 0 Å². The first-order chi connectivity index (χ1) is 7.54. The number of likely N-dealkylation sites (N-methyl/N-ethyl adjacent to an activating group) is 1. The molecule has 0 N–H and O–H groups in total. The van der Waals surface area contributed by atoms with Gasteiger partial charge in [-0.25, -0.2) is 0 Å². The van der Waals surface area contributed by atoms with Crippen LogP contribution in [0.15, 0.2) is 6.07 Å². The monoisotopic (exact) mass is 297 g/mol. The van der Waals surface area contributed by atoms with Gasteiger partial charge in [0.15, 0.2) is 5.78 Å². The molecule has 1 heterocycles. The van der Waals surface area contributed by atoms with Crippen molar-refractivity contribution in [2.75, 3.05) is 32.1 Å². The first-order valence-electron chi connectivity index (χ1n) is 4.70. The van der Waals surface area contributed by atoms with Gasteiger partial charge in [-0.05, 0) is 19.4 Å². The van der Waals surface area contributed by atoms with Gasteiger partial charge in [-0.15, -0.1) is 11.3 Å². The van der Waals surface area contributed by atoms with Gasteiger partial charge in [-0.1, -0.05) is 23.2 Å². The highest BCUT2D eigenvalue weighted by Gasteiger charge is 2.15. The smallest absolute Gasteiger partial charge is 0.179 e. The second kappa shape index (κ2) is 6.87. The van der Waals surface area contributed by atoms with Crippen molar-refractivity contribution in [2.45, 2.75) is 0 Å². The molecule has 2 nitrogen and oxygen atoms in total. The summed E-state index contributed by atoms with van der Waals surface area (Å²) in [5, 5.41) is 0. The van der Waals surface area contributed by atoms with Crippen LogP contribution in [0, 0.1) is 0 Å². The van der Waals surface area contributed by atoms with Gasteiger partial charge in [0, 0.05) is 12.3 Å². The van der Waals surface area contributed by atoms with Crippen LogP contribution in [-0.2, 0) is 0 Å². The lowest BCUT2D eigenvalue weighted by molar-refractivity contribution is 0.0950. The number of hydrogen-bond donors (Lipinski definition) is 0. The summed E-state index contributed by atoms with van der Waals surface area (Å²) in [4.78, 5) is 13.9. The van der Waals surface area contributed by atoms with Crippen molar-refractivity contribution < 1.29 is 4.79 Å². The first kappa shape index (κ1) is 14.3. The molecule has 0 saturated carbocycles. The summed E-state index contributed by atoms with van der Waals surface area (Å²) in [7, 11) is 1.93. The van der Waals surface area contributed by atoms with Crippen molar-refractivity contribution in [3.8, 4) is 0 Å². The molecular weight excluding hydrogens is 285 g/mol. The van der Waals surface area contributed by atoms with Gasteiger partial charge in [0.05, 0.1) is 16.4 Å². The van der Waals surface area contributed by atoms with E-state index >= 15 is 0 Å². The average Bonchev–Trinajstić information content (AvgIpc) is 2.54. The van der Waals surface area contributed by atoms with Crippen LogP contribution >= 0.6 is 46.3 Å². The fourth-order valence-corrected chi connectivity index (χ4v) is 3.18. The van der Waals surface area contributed by atoms with E-state index < -0.39 is 0 Å². The number of rotatable bonds is 6. The van der Waals surface area contributed by atoms with Gasteiger partial charge in [0.1, 0.15) is 4.34 Å². The van der Waals surface area contributed by atoms with E-state index in [4.69, 9.17) is 23.2 Å². The molecule has 0 fully saturated rings. The van der Waals surface area contributed by atoms with Gasteiger partial charge >= 0.3 is 0 Å². The molecule has 1 rings (SSSR count). The molecule has 0 saturated heterocycles. The Morgan fingerprint density at radius 1 is 1.56 bits per heavy atom. The number of thioether (sulfide) groups is 1. The molecule has 16 heavy (non-hydrogen) atoms. The normalized spacial score (nSPS) is 11.1. The molecule has 6 heteroatoms. The largest absolute Gasteiger partial charge is 0.298 e. The van der Waals surface area contributed by atoms with E-state index in [2.05, 4.69) is 0 Å². The minimum atomic E-state index is 0.0248. The summed E-state index contributed by atoms with van der Waals surface area (Å²) in [6.07, 6.45) is 2.05. The summed E-state index contributed by atoms with van der Waals surface area (Å²) in [6, 6.07) is 1.64. The molecule has 0 aromatic carbocycles. The van der Waals surface area contributed by atoms with Crippen LogP contribution in [0.3, 0.4) is 0 Å². The fourth-order valence-electron chi connectivity index (χ4n) is 1.19. The second-order valence-electron chi connectivity index (χ2n) is 3.39. The standard InChI is InChI=1S/C10H13Cl2NOS2/c1-13(3-4-15-2)6-8(14)7-5-9(11)16-10(7)12/h5H,3-4,6H2,1-2H3. The van der Waals surface area contributed by atoms with Crippen molar-refractivity contribution in [2.24, 2.45) is 0 Å². The van der Waals surface area contributed by atoms with Crippen LogP contribution in [0.25, 0.3) is 0 Å². The molecule has 0 aliphatic carbocycles. The van der Waals surface area contributed by atoms with E-state index in [0.717, 1.165) is 12.3 Å². The van der Waals surface area contributed by atoms with Crippen molar-refractivity contribution in [1.29, 1.82) is 0 Å². The highest BCUT2D eigenvalue weighted by atomic mass is 35.5. The Balaban J connectivity index is 2.55. The third-order valence-corrected chi connectivity index (χ3v) is 4.13. The quantitative estimate of drug-likeness (QED) is 0.749. The van der Waals surface area contributed by atoms with Gasteiger partial charge in [0.2, 0.25) is 0 Å². The topological polar surface area (TPSA) is 20.3 Å². The molecule has 1 aromatic rings. The Kier molecular flexibility index (Phi) is 6.15. The van der Waals surface area contributed by atoms with Crippen LogP contribution in [0.5, 0.6) is 0 Å². The van der Waals surface area contributed by atoms with Gasteiger partial charge in [0.25, 0.3) is 0 Å². The number of halogens is 2. The third-order valence-electron chi connectivity index (χ3n) is 2.05. The van der Waals surface area contributed by atoms with Crippen molar-refractivity contribution in [1.82, 2.24) is 4.90 Å². The molecule has 0 amide bonds. The van der Waals surface area contributed by atoms with E-state index in [0.29, 0.717) is 20.8 Å². The fraction of sp³-hybridized carbons (Fsp3) is 0.500. The molecule has 1 aromatic heterocycles. The highest BCUT2D eigenvalue weighted by molar-refractivity contribution is 7.98. The third kappa shape index (κ3) is 4.26. The maximum atomic E-state index is 11.9. The van der Waals surface area contributed by atoms with Gasteiger partial charge in [-0.2, -0.15) is 11.8 Å². The van der Waals surface area contributed by atoms with E-state index in [1.165, 1.54) is 11.3 Å². The molecular formula is C10H13Cl2NOS2. The van der Waals surface area contributed by atoms with E-state index in [9.17, 15) is 4.79 Å². The van der Waals surface area contributed by atoms with Crippen molar-refractivity contribution in [3.05, 3.63) is 20.3 Å². The zero-order valence-electron chi connectivity index (χ0n) is 9.13. The second-order valence-corrected chi connectivity index (χ2v) is 6.66. The molecule has 0 aliphatic rings. The van der Waals surface area contributed by atoms with Crippen LogP contribution in [0.4, 0.5) is 0 Å². The maximum Gasteiger partial charge on any atom is 0.179 e. The van der Waals surface area contributed by atoms with E-state index in [1.807, 2.05) is 18.2 Å².